The molecule has 1 aliphatic heterocycles. The lowest BCUT2D eigenvalue weighted by Gasteiger charge is -2.31. The monoisotopic (exact) mass is 370 g/mol. The smallest absolute Gasteiger partial charge is 0.324 e. The number of carbonyl (C=O) groups is 2. The minimum atomic E-state index is -1.35. The lowest BCUT2D eigenvalue weighted by atomic mass is 9.85. The molecule has 1 aromatic rings. The van der Waals surface area contributed by atoms with Crippen LogP contribution in [0, 0.1) is 5.41 Å². The van der Waals surface area contributed by atoms with Crippen molar-refractivity contribution in [1.29, 1.82) is 0 Å². The van der Waals surface area contributed by atoms with Crippen LogP contribution in [-0.4, -0.2) is 30.8 Å². The van der Waals surface area contributed by atoms with Crippen molar-refractivity contribution < 1.29 is 23.8 Å². The van der Waals surface area contributed by atoms with Gasteiger partial charge in [0, 0.05) is 12.0 Å². The van der Waals surface area contributed by atoms with E-state index in [2.05, 4.69) is 0 Å². The van der Waals surface area contributed by atoms with Gasteiger partial charge in [-0.25, -0.2) is 0 Å². The summed E-state index contributed by atoms with van der Waals surface area (Å²) in [5.74, 6) is -0.346. The van der Waals surface area contributed by atoms with Crippen molar-refractivity contribution >= 4 is 17.7 Å². The van der Waals surface area contributed by atoms with Gasteiger partial charge < -0.3 is 14.2 Å². The minimum absolute atomic E-state index is 0.214. The van der Waals surface area contributed by atoms with E-state index in [4.69, 9.17) is 14.2 Å². The van der Waals surface area contributed by atoms with E-state index in [1.165, 1.54) is 0 Å². The molecule has 144 valence electrons. The number of ether oxygens (including phenoxy) is 3. The molecule has 0 N–H and O–H groups in total. The van der Waals surface area contributed by atoms with Gasteiger partial charge in [-0.1, -0.05) is 30.3 Å². The maximum absolute atomic E-state index is 12.8. The highest BCUT2D eigenvalue weighted by molar-refractivity contribution is 6.02. The van der Waals surface area contributed by atoms with Crippen LogP contribution < -0.4 is 0 Å². The summed E-state index contributed by atoms with van der Waals surface area (Å²) in [7, 11) is 0. The summed E-state index contributed by atoms with van der Waals surface area (Å²) < 4.78 is 16.8. The number of fused-ring (bicyclic) bond motifs is 1. The van der Waals surface area contributed by atoms with Crippen LogP contribution in [0.5, 0.6) is 0 Å². The van der Waals surface area contributed by atoms with Crippen molar-refractivity contribution in [2.75, 3.05) is 13.2 Å². The third-order valence-electron chi connectivity index (χ3n) is 4.89. The van der Waals surface area contributed by atoms with Crippen LogP contribution in [-0.2, 0) is 23.8 Å². The summed E-state index contributed by atoms with van der Waals surface area (Å²) >= 11 is 0. The van der Waals surface area contributed by atoms with Gasteiger partial charge in [-0.15, -0.1) is 0 Å². The molecule has 0 aromatic heterocycles. The van der Waals surface area contributed by atoms with Crippen LogP contribution in [0.4, 0.5) is 0 Å². The normalized spacial score (nSPS) is 19.6. The van der Waals surface area contributed by atoms with E-state index in [1.54, 1.807) is 13.8 Å². The molecule has 3 rings (SSSR count). The molecule has 1 fully saturated rings. The Kier molecular flexibility index (Phi) is 5.13. The molecule has 0 saturated heterocycles. The average molecular weight is 370 g/mol. The summed E-state index contributed by atoms with van der Waals surface area (Å²) in [6, 6.07) is 9.76. The summed E-state index contributed by atoms with van der Waals surface area (Å²) in [6.45, 7) is 7.83. The first-order valence-corrected chi connectivity index (χ1v) is 9.37. The lowest BCUT2D eigenvalue weighted by Crippen LogP contribution is -2.40. The summed E-state index contributed by atoms with van der Waals surface area (Å²) in [5, 5.41) is 0. The van der Waals surface area contributed by atoms with Gasteiger partial charge in [-0.05, 0) is 51.3 Å². The molecule has 1 saturated carbocycles. The van der Waals surface area contributed by atoms with E-state index in [1.807, 2.05) is 50.3 Å². The van der Waals surface area contributed by atoms with Gasteiger partial charge in [-0.2, -0.15) is 0 Å². The molecule has 0 radical (unpaired) electrons. The van der Waals surface area contributed by atoms with Crippen LogP contribution in [0.1, 0.15) is 46.1 Å². The van der Waals surface area contributed by atoms with Gasteiger partial charge in [0.25, 0.3) is 0 Å². The van der Waals surface area contributed by atoms with Crippen molar-refractivity contribution in [3.8, 4) is 0 Å². The van der Waals surface area contributed by atoms with Gasteiger partial charge in [0.05, 0.1) is 13.2 Å². The SMILES string of the molecule is CCOC(=O)C1(C(=O)OCC)CC2=CC(C)(C)OC(c3ccccc3)=C2C1. The van der Waals surface area contributed by atoms with Crippen LogP contribution in [0.2, 0.25) is 0 Å². The molecular weight excluding hydrogens is 344 g/mol. The summed E-state index contributed by atoms with van der Waals surface area (Å²) in [6.07, 6.45) is 2.48. The van der Waals surface area contributed by atoms with Crippen molar-refractivity contribution in [3.63, 3.8) is 0 Å². The van der Waals surface area contributed by atoms with Crippen molar-refractivity contribution in [1.82, 2.24) is 0 Å². The number of benzene rings is 1. The Hall–Kier alpha value is -2.56. The van der Waals surface area contributed by atoms with E-state index in [9.17, 15) is 9.59 Å². The van der Waals surface area contributed by atoms with Crippen LogP contribution in [0.3, 0.4) is 0 Å². The molecule has 0 unspecified atom stereocenters. The number of carbonyl (C=O) groups excluding carboxylic acids is 2. The van der Waals surface area contributed by atoms with Crippen molar-refractivity contribution in [2.45, 2.75) is 46.1 Å². The van der Waals surface area contributed by atoms with Crippen molar-refractivity contribution in [2.24, 2.45) is 5.41 Å². The number of hydrogen-bond acceptors (Lipinski definition) is 5. The number of allylic oxidation sites excluding steroid dienone is 2. The Morgan fingerprint density at radius 3 is 2.15 bits per heavy atom. The molecule has 1 aliphatic carbocycles. The first kappa shape index (κ1) is 19.2. The largest absolute Gasteiger partial charge is 0.483 e. The Labute approximate surface area is 160 Å². The third-order valence-corrected chi connectivity index (χ3v) is 4.89. The second-order valence-corrected chi connectivity index (χ2v) is 7.43. The van der Waals surface area contributed by atoms with Gasteiger partial charge in [0.2, 0.25) is 0 Å². The molecule has 0 amide bonds. The molecule has 5 nitrogen and oxygen atoms in total. The van der Waals surface area contributed by atoms with Gasteiger partial charge in [0.1, 0.15) is 11.4 Å². The topological polar surface area (TPSA) is 61.8 Å². The second kappa shape index (κ2) is 7.22. The molecule has 27 heavy (non-hydrogen) atoms. The molecular formula is C22H26O5. The molecule has 1 aromatic carbocycles. The second-order valence-electron chi connectivity index (χ2n) is 7.43. The van der Waals surface area contributed by atoms with E-state index in [0.717, 1.165) is 16.7 Å². The highest BCUT2D eigenvalue weighted by atomic mass is 16.6. The zero-order valence-corrected chi connectivity index (χ0v) is 16.3. The van der Waals surface area contributed by atoms with Gasteiger partial charge in [0.15, 0.2) is 5.41 Å². The first-order valence-electron chi connectivity index (χ1n) is 9.37. The van der Waals surface area contributed by atoms with Gasteiger partial charge >= 0.3 is 11.9 Å². The Morgan fingerprint density at radius 2 is 1.59 bits per heavy atom. The molecule has 0 atom stereocenters. The Balaban J connectivity index is 2.13. The van der Waals surface area contributed by atoms with Crippen LogP contribution in [0.25, 0.3) is 5.76 Å². The van der Waals surface area contributed by atoms with E-state index >= 15 is 0 Å². The zero-order valence-electron chi connectivity index (χ0n) is 16.3. The predicted octanol–water partition coefficient (Wildman–Crippen LogP) is 4.04. The Morgan fingerprint density at radius 1 is 1.00 bits per heavy atom. The fraction of sp³-hybridized carbons (Fsp3) is 0.455. The number of rotatable bonds is 5. The third kappa shape index (κ3) is 3.51. The molecule has 5 heteroatoms. The maximum atomic E-state index is 12.8. The average Bonchev–Trinajstić information content (AvgIpc) is 3.02. The van der Waals surface area contributed by atoms with E-state index in [-0.39, 0.29) is 26.1 Å². The van der Waals surface area contributed by atoms with Crippen molar-refractivity contribution in [3.05, 3.63) is 53.1 Å². The summed E-state index contributed by atoms with van der Waals surface area (Å²) in [4.78, 5) is 25.6. The zero-order chi connectivity index (χ0) is 19.7. The Bertz CT molecular complexity index is 783. The molecule has 0 bridgehead atoms. The standard InChI is InChI=1S/C22H26O5/c1-5-25-19(23)22(20(24)26-6-2)13-16-12-21(3,4)27-18(17(16)14-22)15-10-8-7-9-11-15/h7-12H,5-6,13-14H2,1-4H3. The number of esters is 2. The fourth-order valence-corrected chi connectivity index (χ4v) is 3.78. The highest BCUT2D eigenvalue weighted by Crippen LogP contribution is 2.52. The molecule has 2 aliphatic rings. The molecule has 1 heterocycles. The number of hydrogen-bond donors (Lipinski definition) is 0. The van der Waals surface area contributed by atoms with E-state index < -0.39 is 23.0 Å². The predicted molar refractivity (Wildman–Crippen MR) is 102 cm³/mol. The lowest BCUT2D eigenvalue weighted by molar-refractivity contribution is -0.171. The van der Waals surface area contributed by atoms with E-state index in [0.29, 0.717) is 5.76 Å². The minimum Gasteiger partial charge on any atom is -0.483 e. The van der Waals surface area contributed by atoms with Crippen LogP contribution >= 0.6 is 0 Å². The van der Waals surface area contributed by atoms with Gasteiger partial charge in [-0.3, -0.25) is 9.59 Å². The fourth-order valence-electron chi connectivity index (χ4n) is 3.78. The summed E-state index contributed by atoms with van der Waals surface area (Å²) in [5.41, 5.74) is 0.864. The molecule has 0 spiro atoms. The quantitative estimate of drug-likeness (QED) is 0.578. The maximum Gasteiger partial charge on any atom is 0.324 e. The van der Waals surface area contributed by atoms with Crippen LogP contribution in [0.15, 0.2) is 47.6 Å². The highest BCUT2D eigenvalue weighted by Gasteiger charge is 2.56. The first-order chi connectivity index (χ1) is 12.8.